The highest BCUT2D eigenvalue weighted by atomic mass is 31.2. The Hall–Kier alpha value is -4.66. The second kappa shape index (κ2) is 23.5. The summed E-state index contributed by atoms with van der Waals surface area (Å²) in [6, 6.07) is 6.21. The van der Waals surface area contributed by atoms with E-state index in [1.54, 1.807) is 45.0 Å². The van der Waals surface area contributed by atoms with Crippen molar-refractivity contribution < 1.29 is 79.4 Å². The van der Waals surface area contributed by atoms with Gasteiger partial charge < -0.3 is 33.3 Å². The Labute approximate surface area is 351 Å². The molecule has 1 aliphatic heterocycles. The molecule has 17 nitrogen and oxygen atoms in total. The van der Waals surface area contributed by atoms with E-state index in [1.165, 1.54) is 47.9 Å². The standard InChI is InChI=1S/C39H53F4N4O13P/c1-26(48)56-44-14-15-45(57-27(2)49)18-19-47(59-29(4)51)31(25-46(17-16-44)58-28(3)50)23-30-9-11-32(12-10-30)54-20-8-21-61(53,60-39(5,6)7)22-13-35(52)55-38-36(42)33(40)24-34(41)37(38)43/h9-12,24,31H,8,13-23,25H2,1-7H3/t31-,61?/m0/s1. The van der Waals surface area contributed by atoms with Crippen LogP contribution in [0.5, 0.6) is 11.5 Å². The second-order valence-electron chi connectivity index (χ2n) is 14.9. The molecule has 0 radical (unpaired) electrons. The van der Waals surface area contributed by atoms with Crippen LogP contribution in [0.4, 0.5) is 17.6 Å². The van der Waals surface area contributed by atoms with Gasteiger partial charge in [-0.3, -0.25) is 28.5 Å². The predicted molar refractivity (Wildman–Crippen MR) is 207 cm³/mol. The summed E-state index contributed by atoms with van der Waals surface area (Å²) in [5, 5.41) is 5.50. The monoisotopic (exact) mass is 892 g/mol. The molecule has 2 aromatic carbocycles. The van der Waals surface area contributed by atoms with Crippen LogP contribution in [0, 0.1) is 23.3 Å². The Bertz CT molecular complexity index is 1860. The van der Waals surface area contributed by atoms with Gasteiger partial charge in [0.1, 0.15) is 5.75 Å². The maximum absolute atomic E-state index is 14.0. The molecule has 1 saturated heterocycles. The highest BCUT2D eigenvalue weighted by molar-refractivity contribution is 7.59. The molecular weight excluding hydrogens is 839 g/mol. The second-order valence-corrected chi connectivity index (χ2v) is 17.6. The first-order valence-corrected chi connectivity index (χ1v) is 21.3. The lowest BCUT2D eigenvalue weighted by Crippen LogP contribution is -2.51. The molecule has 3 rings (SSSR count). The summed E-state index contributed by atoms with van der Waals surface area (Å²) in [5.74, 6) is -12.1. The number of hydrogen-bond acceptors (Lipinski definition) is 17. The van der Waals surface area contributed by atoms with Crippen LogP contribution >= 0.6 is 7.37 Å². The molecule has 2 atom stereocenters. The van der Waals surface area contributed by atoms with Gasteiger partial charge in [-0.2, -0.15) is 8.78 Å². The number of carbonyl (C=O) groups excluding carboxylic acids is 5. The molecule has 0 bridgehead atoms. The topological polar surface area (TPSA) is 180 Å². The Balaban J connectivity index is 1.72. The number of carbonyl (C=O) groups is 5. The minimum Gasteiger partial charge on any atom is -0.494 e. The number of benzene rings is 2. The Kier molecular flexibility index (Phi) is 19.6. The number of ether oxygens (including phenoxy) is 2. The summed E-state index contributed by atoms with van der Waals surface area (Å²) in [6.45, 7) is 10.5. The first-order chi connectivity index (χ1) is 28.5. The number of esters is 1. The number of halogens is 4. The summed E-state index contributed by atoms with van der Waals surface area (Å²) in [7, 11) is -3.61. The van der Waals surface area contributed by atoms with E-state index in [1.807, 2.05) is 0 Å². The smallest absolute Gasteiger partial charge is 0.322 e. The van der Waals surface area contributed by atoms with E-state index in [4.69, 9.17) is 28.6 Å². The number of hydroxylamine groups is 8. The molecule has 340 valence electrons. The molecule has 0 aliphatic carbocycles. The lowest BCUT2D eigenvalue weighted by atomic mass is 10.0. The van der Waals surface area contributed by atoms with E-state index in [0.717, 1.165) is 5.56 Å². The van der Waals surface area contributed by atoms with Gasteiger partial charge in [0.2, 0.25) is 24.8 Å². The van der Waals surface area contributed by atoms with E-state index in [2.05, 4.69) is 4.74 Å². The minimum atomic E-state index is -3.61. The quantitative estimate of drug-likeness (QED) is 0.0539. The van der Waals surface area contributed by atoms with Gasteiger partial charge in [-0.1, -0.05) is 12.1 Å². The summed E-state index contributed by atoms with van der Waals surface area (Å²) in [6.07, 6.45) is -0.667. The third kappa shape index (κ3) is 18.5. The molecule has 2 aromatic rings. The highest BCUT2D eigenvalue weighted by Gasteiger charge is 2.32. The molecule has 0 saturated carbocycles. The number of nitrogens with zero attached hydrogens (tertiary/aromatic N) is 4. The zero-order valence-corrected chi connectivity index (χ0v) is 36.1. The average molecular weight is 893 g/mol. The van der Waals surface area contributed by atoms with Gasteiger partial charge in [-0.15, -0.1) is 20.3 Å². The summed E-state index contributed by atoms with van der Waals surface area (Å²) >= 11 is 0. The van der Waals surface area contributed by atoms with Crippen molar-refractivity contribution in [3.63, 3.8) is 0 Å². The van der Waals surface area contributed by atoms with Gasteiger partial charge in [0.05, 0.1) is 70.5 Å². The maximum atomic E-state index is 14.0. The van der Waals surface area contributed by atoms with Crippen molar-refractivity contribution >= 4 is 37.2 Å². The summed E-state index contributed by atoms with van der Waals surface area (Å²) in [4.78, 5) is 82.4. The van der Waals surface area contributed by atoms with Gasteiger partial charge >= 0.3 is 29.8 Å². The Morgan fingerprint density at radius 1 is 0.705 bits per heavy atom. The fourth-order valence-electron chi connectivity index (χ4n) is 6.00. The lowest BCUT2D eigenvalue weighted by molar-refractivity contribution is -0.238. The van der Waals surface area contributed by atoms with E-state index >= 15 is 0 Å². The Morgan fingerprint density at radius 2 is 1.20 bits per heavy atom. The van der Waals surface area contributed by atoms with Crippen LogP contribution in [-0.2, 0) is 58.8 Å². The third-order valence-electron chi connectivity index (χ3n) is 8.30. The lowest BCUT2D eigenvalue weighted by Gasteiger charge is -2.35. The predicted octanol–water partition coefficient (Wildman–Crippen LogP) is 5.15. The fraction of sp³-hybridized carbons (Fsp3) is 0.564. The average Bonchev–Trinajstić information content (AvgIpc) is 3.14. The zero-order valence-electron chi connectivity index (χ0n) is 35.2. The van der Waals surface area contributed by atoms with E-state index in [9.17, 15) is 46.1 Å². The van der Waals surface area contributed by atoms with E-state index in [0.29, 0.717) is 5.75 Å². The largest absolute Gasteiger partial charge is 0.494 e. The van der Waals surface area contributed by atoms with Crippen LogP contribution in [0.25, 0.3) is 0 Å². The molecule has 1 unspecified atom stereocenters. The van der Waals surface area contributed by atoms with Crippen molar-refractivity contribution in [2.24, 2.45) is 0 Å². The molecule has 1 fully saturated rings. The molecule has 0 spiro atoms. The first kappa shape index (κ1) is 50.7. The van der Waals surface area contributed by atoms with Gasteiger partial charge in [-0.05, 0) is 51.3 Å². The van der Waals surface area contributed by atoms with Crippen LogP contribution in [0.2, 0.25) is 0 Å². The molecule has 61 heavy (non-hydrogen) atoms. The summed E-state index contributed by atoms with van der Waals surface area (Å²) < 4.78 is 85.3. The van der Waals surface area contributed by atoms with E-state index in [-0.39, 0.29) is 77.5 Å². The molecule has 0 amide bonds. The van der Waals surface area contributed by atoms with Crippen molar-refractivity contribution in [3.8, 4) is 11.5 Å². The third-order valence-corrected chi connectivity index (χ3v) is 11.1. The maximum Gasteiger partial charge on any atom is 0.322 e. The Morgan fingerprint density at radius 3 is 1.70 bits per heavy atom. The van der Waals surface area contributed by atoms with E-state index < -0.39 is 90.5 Å². The number of hydrogen-bond donors (Lipinski definition) is 0. The zero-order chi connectivity index (χ0) is 45.5. The number of rotatable bonds is 16. The van der Waals surface area contributed by atoms with Crippen LogP contribution in [0.3, 0.4) is 0 Å². The van der Waals surface area contributed by atoms with Gasteiger partial charge in [-0.25, -0.2) is 8.78 Å². The molecule has 1 heterocycles. The highest BCUT2D eigenvalue weighted by Crippen LogP contribution is 2.51. The molecule has 1 aliphatic rings. The van der Waals surface area contributed by atoms with Crippen LogP contribution in [-0.4, -0.2) is 126 Å². The minimum absolute atomic E-state index is 0.0251. The first-order valence-electron chi connectivity index (χ1n) is 19.3. The van der Waals surface area contributed by atoms with Gasteiger partial charge in [0.15, 0.2) is 11.6 Å². The summed E-state index contributed by atoms with van der Waals surface area (Å²) in [5.41, 5.74) is -0.168. The SMILES string of the molecule is CC(=O)ON1CCN(OC(C)=O)CCN(OC(C)=O)[C@@H](Cc2ccc(OCCCP(=O)(CCC(=O)Oc3c(F)c(F)cc(F)c3F)OC(C)(C)C)cc2)CN(OC(C)=O)CC1. The fourth-order valence-corrected chi connectivity index (χ4v) is 8.54. The van der Waals surface area contributed by atoms with Crippen molar-refractivity contribution in [2.75, 3.05) is 64.7 Å². The van der Waals surface area contributed by atoms with Gasteiger partial charge in [0, 0.05) is 46.1 Å². The molecule has 22 heteroatoms. The van der Waals surface area contributed by atoms with Crippen molar-refractivity contribution in [1.82, 2.24) is 20.3 Å². The van der Waals surface area contributed by atoms with Crippen LogP contribution in [0.15, 0.2) is 30.3 Å². The van der Waals surface area contributed by atoms with Crippen molar-refractivity contribution in [3.05, 3.63) is 59.2 Å². The van der Waals surface area contributed by atoms with Gasteiger partial charge in [0.25, 0.3) is 0 Å². The molecular formula is C39H53F4N4O13P. The van der Waals surface area contributed by atoms with Crippen LogP contribution in [0.1, 0.15) is 66.9 Å². The van der Waals surface area contributed by atoms with Crippen molar-refractivity contribution in [1.29, 1.82) is 0 Å². The van der Waals surface area contributed by atoms with Crippen LogP contribution < -0.4 is 9.47 Å². The van der Waals surface area contributed by atoms with Crippen molar-refractivity contribution in [2.45, 2.75) is 79.4 Å². The molecule has 0 aromatic heterocycles. The normalized spacial score (nSPS) is 17.5. The molecule has 0 N–H and O–H groups in total.